The molecule has 0 spiro atoms. The highest BCUT2D eigenvalue weighted by Gasteiger charge is 2.26. The molecular weight excluding hydrogens is 370 g/mol. The Morgan fingerprint density at radius 1 is 1.14 bits per heavy atom. The fraction of sp³-hybridized carbons (Fsp3) is 0.476. The molecule has 1 fully saturated rings. The van der Waals surface area contributed by atoms with Crippen LogP contribution in [-0.2, 0) is 16.0 Å². The van der Waals surface area contributed by atoms with E-state index in [1.54, 1.807) is 0 Å². The smallest absolute Gasteiger partial charge is 0.314 e. The quantitative estimate of drug-likeness (QED) is 0.750. The van der Waals surface area contributed by atoms with Gasteiger partial charge in [-0.15, -0.1) is 0 Å². The number of amides is 2. The number of likely N-dealkylation sites (tertiary alicyclic amines) is 1. The molecule has 4 rings (SSSR count). The number of anilines is 2. The second-order valence-electron chi connectivity index (χ2n) is 7.72. The molecule has 8 heteroatoms. The molecule has 0 aliphatic carbocycles. The molecule has 1 atom stereocenters. The van der Waals surface area contributed by atoms with Gasteiger partial charge in [0.05, 0.1) is 6.04 Å². The lowest BCUT2D eigenvalue weighted by atomic mass is 9.98. The minimum Gasteiger partial charge on any atom is -0.374 e. The van der Waals surface area contributed by atoms with E-state index in [2.05, 4.69) is 55.4 Å². The zero-order valence-electron chi connectivity index (χ0n) is 16.7. The molecule has 0 saturated carbocycles. The van der Waals surface area contributed by atoms with Crippen molar-refractivity contribution in [1.82, 2.24) is 15.4 Å². The molecule has 2 aliphatic rings. The van der Waals surface area contributed by atoms with Gasteiger partial charge in [0.25, 0.3) is 0 Å². The summed E-state index contributed by atoms with van der Waals surface area (Å²) in [6, 6.07) is 8.13. The van der Waals surface area contributed by atoms with Gasteiger partial charge in [0, 0.05) is 31.9 Å². The first-order chi connectivity index (χ1) is 14.1. The van der Waals surface area contributed by atoms with Crippen molar-refractivity contribution < 1.29 is 14.1 Å². The van der Waals surface area contributed by atoms with Gasteiger partial charge in [-0.3, -0.25) is 19.8 Å². The number of carbonyl (C=O) groups is 2. The van der Waals surface area contributed by atoms with E-state index in [0.717, 1.165) is 38.9 Å². The van der Waals surface area contributed by atoms with Gasteiger partial charge in [0.15, 0.2) is 5.82 Å². The van der Waals surface area contributed by atoms with E-state index >= 15 is 0 Å². The van der Waals surface area contributed by atoms with Gasteiger partial charge in [-0.2, -0.15) is 0 Å². The van der Waals surface area contributed by atoms with Crippen LogP contribution in [0.1, 0.15) is 36.4 Å². The van der Waals surface area contributed by atoms with Crippen LogP contribution in [0.25, 0.3) is 0 Å². The number of nitrogens with zero attached hydrogens (tertiary/aromatic N) is 3. The van der Waals surface area contributed by atoms with Crippen molar-refractivity contribution in [3.63, 3.8) is 0 Å². The van der Waals surface area contributed by atoms with E-state index in [0.29, 0.717) is 6.54 Å². The van der Waals surface area contributed by atoms with Crippen molar-refractivity contribution in [2.75, 3.05) is 43.4 Å². The number of hydrogen-bond acceptors (Lipinski definition) is 6. The standard InChI is InChI=1S/C21H27N5O3/c1-25-11-7-16-13-15(5-6-17(16)25)18(26-9-3-2-4-10-26)14-22-20(27)21(28)23-19-8-12-29-24-19/h5-6,8,12-13,18H,2-4,7,9-11,14H2,1H3,(H,22,27)(H,23,24,28)/t18-/m0/s1. The third-order valence-corrected chi connectivity index (χ3v) is 5.79. The summed E-state index contributed by atoms with van der Waals surface area (Å²) in [7, 11) is 2.11. The summed E-state index contributed by atoms with van der Waals surface area (Å²) in [5.41, 5.74) is 3.82. The van der Waals surface area contributed by atoms with Crippen LogP contribution in [0, 0.1) is 0 Å². The summed E-state index contributed by atoms with van der Waals surface area (Å²) < 4.78 is 4.67. The third kappa shape index (κ3) is 4.42. The van der Waals surface area contributed by atoms with Crippen molar-refractivity contribution in [3.05, 3.63) is 41.7 Å². The molecule has 2 aromatic rings. The normalized spacial score (nSPS) is 17.6. The Balaban J connectivity index is 1.46. The van der Waals surface area contributed by atoms with Crippen molar-refractivity contribution in [2.24, 2.45) is 0 Å². The molecule has 1 aromatic heterocycles. The zero-order valence-corrected chi connectivity index (χ0v) is 16.7. The van der Waals surface area contributed by atoms with E-state index in [-0.39, 0.29) is 11.9 Å². The molecular formula is C21H27N5O3. The minimum atomic E-state index is -0.744. The Morgan fingerprint density at radius 2 is 1.97 bits per heavy atom. The molecule has 0 unspecified atom stereocenters. The number of hydrogen-bond donors (Lipinski definition) is 2. The molecule has 0 radical (unpaired) electrons. The number of likely N-dealkylation sites (N-methyl/N-ethyl adjacent to an activating group) is 1. The first-order valence-electron chi connectivity index (χ1n) is 10.2. The summed E-state index contributed by atoms with van der Waals surface area (Å²) >= 11 is 0. The Bertz CT molecular complexity index is 861. The van der Waals surface area contributed by atoms with Crippen LogP contribution in [0.15, 0.2) is 35.1 Å². The Morgan fingerprint density at radius 3 is 2.72 bits per heavy atom. The van der Waals surface area contributed by atoms with Gasteiger partial charge in [0.1, 0.15) is 6.26 Å². The number of nitrogens with one attached hydrogen (secondary N) is 2. The second-order valence-corrected chi connectivity index (χ2v) is 7.72. The maximum absolute atomic E-state index is 12.3. The largest absolute Gasteiger partial charge is 0.374 e. The van der Waals surface area contributed by atoms with Gasteiger partial charge < -0.3 is 14.7 Å². The van der Waals surface area contributed by atoms with Gasteiger partial charge in [-0.05, 0) is 49.5 Å². The molecule has 29 heavy (non-hydrogen) atoms. The maximum Gasteiger partial charge on any atom is 0.314 e. The average molecular weight is 397 g/mol. The first kappa shape index (κ1) is 19.4. The lowest BCUT2D eigenvalue weighted by Crippen LogP contribution is -2.43. The third-order valence-electron chi connectivity index (χ3n) is 5.79. The van der Waals surface area contributed by atoms with E-state index in [4.69, 9.17) is 0 Å². The molecule has 0 bridgehead atoms. The molecule has 1 saturated heterocycles. The monoisotopic (exact) mass is 397 g/mol. The summed E-state index contributed by atoms with van der Waals surface area (Å²) in [4.78, 5) is 29.1. The number of benzene rings is 1. The van der Waals surface area contributed by atoms with Gasteiger partial charge in [-0.25, -0.2) is 0 Å². The number of carbonyl (C=O) groups excluding carboxylic acids is 2. The number of rotatable bonds is 5. The SMILES string of the molecule is CN1CCc2cc([C@H](CNC(=O)C(=O)Nc3ccon3)N3CCCCC3)ccc21. The predicted octanol–water partition coefficient (Wildman–Crippen LogP) is 1.95. The Labute approximate surface area is 170 Å². The van der Waals surface area contributed by atoms with E-state index in [1.165, 1.54) is 35.6 Å². The molecule has 2 aliphatic heterocycles. The van der Waals surface area contributed by atoms with Crippen LogP contribution in [0.3, 0.4) is 0 Å². The fourth-order valence-electron chi connectivity index (χ4n) is 4.20. The first-order valence-corrected chi connectivity index (χ1v) is 10.2. The van der Waals surface area contributed by atoms with Gasteiger partial charge in [0.2, 0.25) is 0 Å². The predicted molar refractivity (Wildman–Crippen MR) is 110 cm³/mol. The highest BCUT2D eigenvalue weighted by atomic mass is 16.5. The highest BCUT2D eigenvalue weighted by molar-refractivity contribution is 6.39. The molecule has 1 aromatic carbocycles. The summed E-state index contributed by atoms with van der Waals surface area (Å²) in [5, 5.41) is 8.83. The molecule has 3 heterocycles. The Kier molecular flexibility index (Phi) is 5.80. The van der Waals surface area contributed by atoms with Crippen molar-refractivity contribution in [1.29, 1.82) is 0 Å². The topological polar surface area (TPSA) is 90.7 Å². The second kappa shape index (κ2) is 8.65. The summed E-state index contributed by atoms with van der Waals surface area (Å²) in [5.74, 6) is -1.19. The lowest BCUT2D eigenvalue weighted by molar-refractivity contribution is -0.136. The molecule has 8 nitrogen and oxygen atoms in total. The molecule has 154 valence electrons. The van der Waals surface area contributed by atoms with E-state index in [1.807, 2.05) is 0 Å². The fourth-order valence-corrected chi connectivity index (χ4v) is 4.20. The van der Waals surface area contributed by atoms with Crippen LogP contribution in [0.2, 0.25) is 0 Å². The molecule has 2 amide bonds. The highest BCUT2D eigenvalue weighted by Crippen LogP contribution is 2.32. The number of aromatic nitrogens is 1. The zero-order chi connectivity index (χ0) is 20.2. The van der Waals surface area contributed by atoms with Crippen LogP contribution in [0.5, 0.6) is 0 Å². The van der Waals surface area contributed by atoms with Crippen LogP contribution >= 0.6 is 0 Å². The van der Waals surface area contributed by atoms with E-state index in [9.17, 15) is 9.59 Å². The van der Waals surface area contributed by atoms with Crippen molar-refractivity contribution >= 4 is 23.3 Å². The van der Waals surface area contributed by atoms with Gasteiger partial charge >= 0.3 is 11.8 Å². The number of fused-ring (bicyclic) bond motifs is 1. The van der Waals surface area contributed by atoms with Gasteiger partial charge in [-0.1, -0.05) is 23.7 Å². The average Bonchev–Trinajstić information content (AvgIpc) is 3.38. The maximum atomic E-state index is 12.3. The van der Waals surface area contributed by atoms with Crippen molar-refractivity contribution in [2.45, 2.75) is 31.7 Å². The Hall–Kier alpha value is -2.87. The lowest BCUT2D eigenvalue weighted by Gasteiger charge is -2.35. The molecule has 2 N–H and O–H groups in total. The summed E-state index contributed by atoms with van der Waals surface area (Å²) in [6.45, 7) is 3.43. The van der Waals surface area contributed by atoms with Crippen LogP contribution in [-0.4, -0.2) is 55.1 Å². The van der Waals surface area contributed by atoms with Crippen LogP contribution in [0.4, 0.5) is 11.5 Å². The van der Waals surface area contributed by atoms with Crippen molar-refractivity contribution in [3.8, 4) is 0 Å². The summed E-state index contributed by atoms with van der Waals surface area (Å²) in [6.07, 6.45) is 5.93. The minimum absolute atomic E-state index is 0.0512. The van der Waals surface area contributed by atoms with E-state index < -0.39 is 11.8 Å². The van der Waals surface area contributed by atoms with Crippen LogP contribution < -0.4 is 15.5 Å². The number of piperidine rings is 1.